The molecule has 0 bridgehead atoms. The minimum absolute atomic E-state index is 0.193. The van der Waals surface area contributed by atoms with Gasteiger partial charge >= 0.3 is 0 Å². The van der Waals surface area contributed by atoms with Crippen LogP contribution in [-0.4, -0.2) is 16.4 Å². The van der Waals surface area contributed by atoms with Gasteiger partial charge in [-0.1, -0.05) is 26.7 Å². The summed E-state index contributed by atoms with van der Waals surface area (Å²) in [6.45, 7) is 3.94. The van der Waals surface area contributed by atoms with Crippen LogP contribution in [0.25, 0.3) is 0 Å². The summed E-state index contributed by atoms with van der Waals surface area (Å²) in [4.78, 5) is 0. The summed E-state index contributed by atoms with van der Waals surface area (Å²) in [6.07, 6.45) is 3.74. The van der Waals surface area contributed by atoms with Gasteiger partial charge in [-0.15, -0.1) is 0 Å². The molecule has 0 radical (unpaired) electrons. The molecule has 1 fully saturated rings. The second-order valence-electron chi connectivity index (χ2n) is 3.81. The van der Waals surface area contributed by atoms with Crippen LogP contribution in [-0.2, 0) is 0 Å². The minimum Gasteiger partial charge on any atom is -0.384 e. The monoisotopic (exact) mass is 155 g/mol. The molecule has 0 aromatic rings. The van der Waals surface area contributed by atoms with Gasteiger partial charge in [0.15, 0.2) is 0 Å². The maximum Gasteiger partial charge on any atom is 0.102 e. The van der Waals surface area contributed by atoms with Crippen LogP contribution in [0.2, 0.25) is 0 Å². The van der Waals surface area contributed by atoms with Crippen molar-refractivity contribution < 1.29 is 5.11 Å². The summed E-state index contributed by atoms with van der Waals surface area (Å²) >= 11 is 0. The fourth-order valence-corrected chi connectivity index (χ4v) is 1.77. The Morgan fingerprint density at radius 2 is 1.82 bits per heavy atom. The lowest BCUT2D eigenvalue weighted by atomic mass is 9.88. The number of aliphatic hydroxyl groups is 1. The summed E-state index contributed by atoms with van der Waals surface area (Å²) in [5.41, 5.74) is -0.219. The summed E-state index contributed by atoms with van der Waals surface area (Å²) in [6, 6.07) is 0. The molecule has 0 aliphatic heterocycles. The average molecular weight is 155 g/mol. The molecule has 0 unspecified atom stereocenters. The van der Waals surface area contributed by atoms with Crippen LogP contribution in [0.4, 0.5) is 0 Å². The molecule has 0 aromatic carbocycles. The smallest absolute Gasteiger partial charge is 0.102 e. The van der Waals surface area contributed by atoms with Crippen molar-refractivity contribution in [3.8, 4) is 0 Å². The van der Waals surface area contributed by atoms with E-state index in [-0.39, 0.29) is 5.92 Å². The van der Waals surface area contributed by atoms with Crippen molar-refractivity contribution in [3.05, 3.63) is 0 Å². The first kappa shape index (κ1) is 8.72. The third-order valence-electron chi connectivity index (χ3n) is 2.51. The van der Waals surface area contributed by atoms with Crippen molar-refractivity contribution in [2.45, 2.75) is 45.1 Å². The van der Waals surface area contributed by atoms with Gasteiger partial charge in [0.2, 0.25) is 0 Å². The maximum absolute atomic E-state index is 9.91. The SMILES string of the molecule is CC(C)C(=N)C1(O)CCCC1. The third kappa shape index (κ3) is 1.62. The van der Waals surface area contributed by atoms with E-state index in [0.717, 1.165) is 25.7 Å². The zero-order valence-corrected chi connectivity index (χ0v) is 7.35. The Kier molecular flexibility index (Phi) is 2.33. The zero-order chi connectivity index (χ0) is 8.48. The molecule has 0 spiro atoms. The van der Waals surface area contributed by atoms with Crippen LogP contribution in [0.15, 0.2) is 0 Å². The van der Waals surface area contributed by atoms with Gasteiger partial charge in [0.05, 0.1) is 0 Å². The number of nitrogens with one attached hydrogen (secondary N) is 1. The molecular formula is C9H17NO. The Balaban J connectivity index is 2.64. The highest BCUT2D eigenvalue weighted by Crippen LogP contribution is 2.32. The van der Waals surface area contributed by atoms with Crippen molar-refractivity contribution in [2.24, 2.45) is 5.92 Å². The van der Waals surface area contributed by atoms with E-state index in [2.05, 4.69) is 0 Å². The van der Waals surface area contributed by atoms with Gasteiger partial charge in [-0.25, -0.2) is 0 Å². The second kappa shape index (κ2) is 2.94. The van der Waals surface area contributed by atoms with Crippen LogP contribution in [0.3, 0.4) is 0 Å². The highest BCUT2D eigenvalue weighted by molar-refractivity contribution is 5.91. The van der Waals surface area contributed by atoms with Crippen LogP contribution >= 0.6 is 0 Å². The fourth-order valence-electron chi connectivity index (χ4n) is 1.77. The van der Waals surface area contributed by atoms with Gasteiger partial charge in [-0.2, -0.15) is 0 Å². The van der Waals surface area contributed by atoms with Gasteiger partial charge in [0.1, 0.15) is 5.60 Å². The van der Waals surface area contributed by atoms with Gasteiger partial charge in [0, 0.05) is 5.71 Å². The number of hydrogen-bond acceptors (Lipinski definition) is 2. The Morgan fingerprint density at radius 1 is 1.36 bits per heavy atom. The van der Waals surface area contributed by atoms with E-state index in [1.807, 2.05) is 13.8 Å². The molecular weight excluding hydrogens is 138 g/mol. The molecule has 0 heterocycles. The summed E-state index contributed by atoms with van der Waals surface area (Å²) in [5, 5.41) is 17.6. The van der Waals surface area contributed by atoms with E-state index in [1.54, 1.807) is 0 Å². The van der Waals surface area contributed by atoms with E-state index in [4.69, 9.17) is 5.41 Å². The standard InChI is InChI=1S/C9H17NO/c1-7(2)8(10)9(11)5-3-4-6-9/h7,10-11H,3-6H2,1-2H3. The van der Waals surface area contributed by atoms with Crippen LogP contribution in [0.1, 0.15) is 39.5 Å². The van der Waals surface area contributed by atoms with Gasteiger partial charge in [-0.05, 0) is 18.8 Å². The first-order valence-corrected chi connectivity index (χ1v) is 4.37. The van der Waals surface area contributed by atoms with E-state index in [0.29, 0.717) is 5.71 Å². The summed E-state index contributed by atoms with van der Waals surface area (Å²) < 4.78 is 0. The predicted octanol–water partition coefficient (Wildman–Crippen LogP) is 1.97. The van der Waals surface area contributed by atoms with Gasteiger partial charge in [-0.3, -0.25) is 0 Å². The van der Waals surface area contributed by atoms with E-state index in [1.165, 1.54) is 0 Å². The molecule has 0 saturated heterocycles. The molecule has 2 heteroatoms. The molecule has 0 aromatic heterocycles. The summed E-state index contributed by atoms with van der Waals surface area (Å²) in [5.74, 6) is 0.193. The van der Waals surface area contributed by atoms with E-state index in [9.17, 15) is 5.11 Å². The first-order chi connectivity index (χ1) is 5.06. The largest absolute Gasteiger partial charge is 0.384 e. The quantitative estimate of drug-likeness (QED) is 0.588. The molecule has 0 atom stereocenters. The molecule has 1 aliphatic carbocycles. The lowest BCUT2D eigenvalue weighted by Gasteiger charge is -2.25. The molecule has 11 heavy (non-hydrogen) atoms. The molecule has 1 rings (SSSR count). The minimum atomic E-state index is -0.742. The molecule has 1 aliphatic rings. The van der Waals surface area contributed by atoms with E-state index < -0.39 is 5.60 Å². The molecule has 0 amide bonds. The normalized spacial score (nSPS) is 22.5. The van der Waals surface area contributed by atoms with Crippen LogP contribution in [0.5, 0.6) is 0 Å². The van der Waals surface area contributed by atoms with Crippen molar-refractivity contribution in [1.82, 2.24) is 0 Å². The predicted molar refractivity (Wildman–Crippen MR) is 46.0 cm³/mol. The Labute approximate surface area is 68.1 Å². The average Bonchev–Trinajstić information content (AvgIpc) is 2.35. The lowest BCUT2D eigenvalue weighted by Crippen LogP contribution is -2.37. The van der Waals surface area contributed by atoms with Crippen molar-refractivity contribution in [3.63, 3.8) is 0 Å². The van der Waals surface area contributed by atoms with Gasteiger partial charge in [0.25, 0.3) is 0 Å². The molecule has 64 valence electrons. The number of hydrogen-bond donors (Lipinski definition) is 2. The molecule has 2 N–H and O–H groups in total. The van der Waals surface area contributed by atoms with Crippen molar-refractivity contribution in [2.75, 3.05) is 0 Å². The van der Waals surface area contributed by atoms with Crippen LogP contribution < -0.4 is 0 Å². The summed E-state index contributed by atoms with van der Waals surface area (Å²) in [7, 11) is 0. The van der Waals surface area contributed by atoms with Crippen molar-refractivity contribution >= 4 is 5.71 Å². The van der Waals surface area contributed by atoms with E-state index >= 15 is 0 Å². The Bertz CT molecular complexity index is 157. The molecule has 1 saturated carbocycles. The highest BCUT2D eigenvalue weighted by atomic mass is 16.3. The maximum atomic E-state index is 9.91. The molecule has 2 nitrogen and oxygen atoms in total. The highest BCUT2D eigenvalue weighted by Gasteiger charge is 2.36. The fraction of sp³-hybridized carbons (Fsp3) is 0.889. The Morgan fingerprint density at radius 3 is 2.18 bits per heavy atom. The van der Waals surface area contributed by atoms with Crippen molar-refractivity contribution in [1.29, 1.82) is 5.41 Å². The zero-order valence-electron chi connectivity index (χ0n) is 7.35. The third-order valence-corrected chi connectivity index (χ3v) is 2.51. The lowest BCUT2D eigenvalue weighted by molar-refractivity contribution is 0.114. The Hall–Kier alpha value is -0.370. The van der Waals surface area contributed by atoms with Gasteiger partial charge < -0.3 is 10.5 Å². The number of rotatable bonds is 2. The van der Waals surface area contributed by atoms with Crippen LogP contribution in [0, 0.1) is 11.3 Å². The topological polar surface area (TPSA) is 44.1 Å². The second-order valence-corrected chi connectivity index (χ2v) is 3.81. The first-order valence-electron chi connectivity index (χ1n) is 4.37.